The van der Waals surface area contributed by atoms with Crippen LogP contribution in [0.3, 0.4) is 0 Å². The van der Waals surface area contributed by atoms with Gasteiger partial charge in [0.25, 0.3) is 0 Å². The zero-order chi connectivity index (χ0) is 14.8. The van der Waals surface area contributed by atoms with Crippen LogP contribution in [0.15, 0.2) is 51.7 Å². The summed E-state index contributed by atoms with van der Waals surface area (Å²) < 4.78 is 15.3. The van der Waals surface area contributed by atoms with E-state index < -0.39 is 11.6 Å². The fourth-order valence-electron chi connectivity index (χ4n) is 2.21. The van der Waals surface area contributed by atoms with E-state index in [-0.39, 0.29) is 6.61 Å². The van der Waals surface area contributed by atoms with Crippen LogP contribution in [-0.4, -0.2) is 19.7 Å². The third-order valence-electron chi connectivity index (χ3n) is 3.18. The van der Waals surface area contributed by atoms with E-state index in [9.17, 15) is 9.59 Å². The van der Waals surface area contributed by atoms with Crippen molar-refractivity contribution in [3.05, 3.63) is 52.9 Å². The third kappa shape index (κ3) is 2.33. The van der Waals surface area contributed by atoms with Crippen LogP contribution in [0.1, 0.15) is 0 Å². The molecule has 0 bridgehead atoms. The van der Waals surface area contributed by atoms with E-state index in [0.717, 1.165) is 5.39 Å². The average Bonchev–Trinajstić information content (AvgIpc) is 2.52. The van der Waals surface area contributed by atoms with Crippen LogP contribution in [0.2, 0.25) is 0 Å². The van der Waals surface area contributed by atoms with Crippen LogP contribution in [-0.2, 0) is 9.53 Å². The summed E-state index contributed by atoms with van der Waals surface area (Å²) >= 11 is 0. The molecule has 106 valence electrons. The van der Waals surface area contributed by atoms with Crippen LogP contribution in [0.5, 0.6) is 5.75 Å². The van der Waals surface area contributed by atoms with Gasteiger partial charge in [-0.05, 0) is 18.2 Å². The smallest absolute Gasteiger partial charge is 0.344 e. The molecule has 0 unspecified atom stereocenters. The molecule has 0 spiro atoms. The molecule has 1 aromatic heterocycles. The summed E-state index contributed by atoms with van der Waals surface area (Å²) in [6.45, 7) is -0.205. The Hall–Kier alpha value is -2.82. The molecule has 21 heavy (non-hydrogen) atoms. The largest absolute Gasteiger partial charge is 0.481 e. The minimum absolute atomic E-state index is 0.205. The van der Waals surface area contributed by atoms with Crippen molar-refractivity contribution < 1.29 is 18.7 Å². The van der Waals surface area contributed by atoms with E-state index in [4.69, 9.17) is 9.15 Å². The SMILES string of the molecule is COC(=O)COc1cccc2oc(=O)c3ccccc3c12. The van der Waals surface area contributed by atoms with Crippen molar-refractivity contribution in [2.75, 3.05) is 13.7 Å². The van der Waals surface area contributed by atoms with Gasteiger partial charge in [-0.1, -0.05) is 24.3 Å². The Bertz CT molecular complexity index is 879. The van der Waals surface area contributed by atoms with Crippen molar-refractivity contribution in [3.63, 3.8) is 0 Å². The molecular weight excluding hydrogens is 272 g/mol. The number of hydrogen-bond acceptors (Lipinski definition) is 5. The molecule has 0 aliphatic rings. The van der Waals surface area contributed by atoms with Gasteiger partial charge in [-0.15, -0.1) is 0 Å². The number of hydrogen-bond donors (Lipinski definition) is 0. The Morgan fingerprint density at radius 2 is 1.86 bits per heavy atom. The van der Waals surface area contributed by atoms with Gasteiger partial charge in [0.15, 0.2) is 6.61 Å². The van der Waals surface area contributed by atoms with Gasteiger partial charge in [-0.3, -0.25) is 0 Å². The van der Waals surface area contributed by atoms with Gasteiger partial charge in [0.2, 0.25) is 0 Å². The quantitative estimate of drug-likeness (QED) is 0.420. The number of carbonyl (C=O) groups excluding carboxylic acids is 1. The van der Waals surface area contributed by atoms with Gasteiger partial charge in [0, 0.05) is 5.39 Å². The Kier molecular flexibility index (Phi) is 3.31. The highest BCUT2D eigenvalue weighted by atomic mass is 16.6. The van der Waals surface area contributed by atoms with Gasteiger partial charge < -0.3 is 13.9 Å². The Morgan fingerprint density at radius 1 is 1.10 bits per heavy atom. The summed E-state index contributed by atoms with van der Waals surface area (Å²) in [6.07, 6.45) is 0. The lowest BCUT2D eigenvalue weighted by Crippen LogP contribution is -2.12. The molecule has 3 rings (SSSR count). The first-order valence-corrected chi connectivity index (χ1v) is 6.35. The second kappa shape index (κ2) is 5.28. The lowest BCUT2D eigenvalue weighted by molar-refractivity contribution is -0.142. The number of rotatable bonds is 3. The van der Waals surface area contributed by atoms with E-state index in [1.54, 1.807) is 30.3 Å². The number of carbonyl (C=O) groups is 1. The van der Waals surface area contributed by atoms with Crippen molar-refractivity contribution >= 4 is 27.7 Å². The predicted molar refractivity (Wildman–Crippen MR) is 77.5 cm³/mol. The summed E-state index contributed by atoms with van der Waals surface area (Å²) in [4.78, 5) is 23.2. The number of esters is 1. The fourth-order valence-corrected chi connectivity index (χ4v) is 2.21. The van der Waals surface area contributed by atoms with Gasteiger partial charge in [-0.25, -0.2) is 9.59 Å². The summed E-state index contributed by atoms with van der Waals surface area (Å²) in [5.74, 6) is -0.00783. The number of ether oxygens (including phenoxy) is 2. The molecule has 0 atom stereocenters. The van der Waals surface area contributed by atoms with Gasteiger partial charge >= 0.3 is 11.6 Å². The first-order chi connectivity index (χ1) is 10.2. The van der Waals surface area contributed by atoms with E-state index in [2.05, 4.69) is 4.74 Å². The molecule has 0 radical (unpaired) electrons. The summed E-state index contributed by atoms with van der Waals surface area (Å²) in [6, 6.07) is 12.2. The molecule has 0 saturated heterocycles. The maximum atomic E-state index is 11.9. The molecule has 0 N–H and O–H groups in total. The number of fused-ring (bicyclic) bond motifs is 3. The molecule has 2 aromatic carbocycles. The van der Waals surface area contributed by atoms with Crippen LogP contribution in [0, 0.1) is 0 Å². The molecule has 0 amide bonds. The van der Waals surface area contributed by atoms with Crippen LogP contribution >= 0.6 is 0 Å². The van der Waals surface area contributed by atoms with E-state index >= 15 is 0 Å². The van der Waals surface area contributed by atoms with Gasteiger partial charge in [0.05, 0.1) is 17.9 Å². The van der Waals surface area contributed by atoms with Crippen molar-refractivity contribution in [2.45, 2.75) is 0 Å². The molecule has 0 aliphatic heterocycles. The molecule has 5 heteroatoms. The first-order valence-electron chi connectivity index (χ1n) is 6.35. The Balaban J connectivity index is 2.24. The van der Waals surface area contributed by atoms with Gasteiger partial charge in [0.1, 0.15) is 11.3 Å². The van der Waals surface area contributed by atoms with E-state index in [0.29, 0.717) is 22.1 Å². The van der Waals surface area contributed by atoms with Crippen LogP contribution in [0.4, 0.5) is 0 Å². The molecule has 0 aliphatic carbocycles. The topological polar surface area (TPSA) is 65.7 Å². The van der Waals surface area contributed by atoms with Crippen LogP contribution < -0.4 is 10.4 Å². The predicted octanol–water partition coefficient (Wildman–Crippen LogP) is 2.50. The minimum Gasteiger partial charge on any atom is -0.481 e. The van der Waals surface area contributed by atoms with Crippen molar-refractivity contribution in [3.8, 4) is 5.75 Å². The van der Waals surface area contributed by atoms with Gasteiger partial charge in [-0.2, -0.15) is 0 Å². The summed E-state index contributed by atoms with van der Waals surface area (Å²) in [7, 11) is 1.29. The molecular formula is C16H12O5. The highest BCUT2D eigenvalue weighted by Gasteiger charge is 2.12. The Morgan fingerprint density at radius 3 is 2.62 bits per heavy atom. The fraction of sp³-hybridized carbons (Fsp3) is 0.125. The van der Waals surface area contributed by atoms with Crippen molar-refractivity contribution in [1.82, 2.24) is 0 Å². The minimum atomic E-state index is -0.478. The molecule has 3 aromatic rings. The highest BCUT2D eigenvalue weighted by molar-refractivity contribution is 6.07. The lowest BCUT2D eigenvalue weighted by atomic mass is 10.1. The number of methoxy groups -OCH3 is 1. The zero-order valence-electron chi connectivity index (χ0n) is 11.3. The summed E-state index contributed by atoms with van der Waals surface area (Å²) in [5, 5.41) is 1.86. The molecule has 0 fully saturated rings. The van der Waals surface area contributed by atoms with E-state index in [1.807, 2.05) is 12.1 Å². The van der Waals surface area contributed by atoms with E-state index in [1.165, 1.54) is 7.11 Å². The second-order valence-electron chi connectivity index (χ2n) is 4.43. The zero-order valence-corrected chi connectivity index (χ0v) is 11.3. The molecule has 1 heterocycles. The molecule has 5 nitrogen and oxygen atoms in total. The monoisotopic (exact) mass is 284 g/mol. The first kappa shape index (κ1) is 13.2. The molecule has 0 saturated carbocycles. The maximum Gasteiger partial charge on any atom is 0.344 e. The maximum absolute atomic E-state index is 11.9. The summed E-state index contributed by atoms with van der Waals surface area (Å²) in [5.41, 5.74) is 0.0179. The van der Waals surface area contributed by atoms with Crippen LogP contribution in [0.25, 0.3) is 21.7 Å². The average molecular weight is 284 g/mol. The lowest BCUT2D eigenvalue weighted by Gasteiger charge is -2.09. The van der Waals surface area contributed by atoms with Crippen molar-refractivity contribution in [2.24, 2.45) is 0 Å². The number of benzene rings is 2. The highest BCUT2D eigenvalue weighted by Crippen LogP contribution is 2.31. The normalized spacial score (nSPS) is 10.7. The second-order valence-corrected chi connectivity index (χ2v) is 4.43. The standard InChI is InChI=1S/C16H12O5/c1-19-14(17)9-20-12-7-4-8-13-15(12)10-5-2-3-6-11(10)16(18)21-13/h2-8H,9H2,1H3. The van der Waals surface area contributed by atoms with Crippen molar-refractivity contribution in [1.29, 1.82) is 0 Å². The third-order valence-corrected chi connectivity index (χ3v) is 3.18. The Labute approximate surface area is 119 Å².